The third-order valence-corrected chi connectivity index (χ3v) is 5.60. The van der Waals surface area contributed by atoms with Gasteiger partial charge in [0.15, 0.2) is 0 Å². The lowest BCUT2D eigenvalue weighted by atomic mass is 9.94. The summed E-state index contributed by atoms with van der Waals surface area (Å²) >= 11 is 0. The molecule has 3 aromatic rings. The molecule has 0 atom stereocenters. The summed E-state index contributed by atoms with van der Waals surface area (Å²) in [7, 11) is 0. The number of hydrogen-bond donors (Lipinski definition) is 2. The monoisotopic (exact) mass is 388 g/mol. The van der Waals surface area contributed by atoms with Crippen LogP contribution in [-0.2, 0) is 24.2 Å². The van der Waals surface area contributed by atoms with Crippen molar-refractivity contribution in [1.29, 1.82) is 0 Å². The second kappa shape index (κ2) is 7.24. The van der Waals surface area contributed by atoms with Crippen LogP contribution in [0.25, 0.3) is 11.6 Å². The summed E-state index contributed by atoms with van der Waals surface area (Å²) in [5.74, 6) is 1.09. The minimum absolute atomic E-state index is 0.234. The van der Waals surface area contributed by atoms with Gasteiger partial charge in [-0.2, -0.15) is 0 Å². The average molecular weight is 388 g/mol. The topological polar surface area (TPSA) is 54.3 Å². The van der Waals surface area contributed by atoms with Crippen molar-refractivity contribution in [3.05, 3.63) is 82.6 Å². The van der Waals surface area contributed by atoms with Crippen molar-refractivity contribution >= 4 is 28.9 Å². The van der Waals surface area contributed by atoms with Crippen LogP contribution in [0.4, 0.5) is 15.8 Å². The third kappa shape index (κ3) is 3.33. The second-order valence-corrected chi connectivity index (χ2v) is 7.48. The minimum atomic E-state index is -0.365. The smallest absolute Gasteiger partial charge is 0.256 e. The summed E-state index contributed by atoms with van der Waals surface area (Å²) in [5.41, 5.74) is 4.99. The van der Waals surface area contributed by atoms with Gasteiger partial charge in [0.1, 0.15) is 17.3 Å². The summed E-state index contributed by atoms with van der Waals surface area (Å²) in [5, 5.41) is 6.25. The summed E-state index contributed by atoms with van der Waals surface area (Å²) in [6.45, 7) is 0.611. The number of furan rings is 1. The fourth-order valence-corrected chi connectivity index (χ4v) is 4.14. The summed E-state index contributed by atoms with van der Waals surface area (Å²) < 4.78 is 20.0. The molecule has 29 heavy (non-hydrogen) atoms. The van der Waals surface area contributed by atoms with Crippen LogP contribution in [0.5, 0.6) is 0 Å². The molecule has 0 fully saturated rings. The Bertz CT molecular complexity index is 1120. The van der Waals surface area contributed by atoms with Gasteiger partial charge in [-0.25, -0.2) is 4.39 Å². The predicted octanol–water partition coefficient (Wildman–Crippen LogP) is 5.40. The van der Waals surface area contributed by atoms with E-state index in [-0.39, 0.29) is 11.7 Å². The van der Waals surface area contributed by atoms with Crippen LogP contribution >= 0.6 is 0 Å². The number of aryl methyl sites for hydroxylation is 1. The van der Waals surface area contributed by atoms with Gasteiger partial charge in [0.2, 0.25) is 0 Å². The first-order valence-corrected chi connectivity index (χ1v) is 9.94. The first-order valence-electron chi connectivity index (χ1n) is 9.94. The molecule has 2 aromatic carbocycles. The molecule has 1 amide bonds. The van der Waals surface area contributed by atoms with Crippen molar-refractivity contribution in [2.24, 2.45) is 0 Å². The van der Waals surface area contributed by atoms with Crippen molar-refractivity contribution in [3.63, 3.8) is 0 Å². The highest BCUT2D eigenvalue weighted by molar-refractivity contribution is 6.34. The maximum atomic E-state index is 13.8. The zero-order valence-corrected chi connectivity index (χ0v) is 15.9. The molecule has 1 aliphatic carbocycles. The lowest BCUT2D eigenvalue weighted by Gasteiger charge is -2.12. The quantitative estimate of drug-likeness (QED) is 0.588. The van der Waals surface area contributed by atoms with Gasteiger partial charge < -0.3 is 15.1 Å². The van der Waals surface area contributed by atoms with Crippen LogP contribution in [-0.4, -0.2) is 5.91 Å². The van der Waals surface area contributed by atoms with Gasteiger partial charge in [0, 0.05) is 35.5 Å². The minimum Gasteiger partial charge on any atom is -0.461 e. The van der Waals surface area contributed by atoms with Crippen LogP contribution in [0, 0.1) is 5.82 Å². The Labute approximate surface area is 168 Å². The van der Waals surface area contributed by atoms with Crippen LogP contribution in [0.3, 0.4) is 0 Å². The highest BCUT2D eigenvalue weighted by atomic mass is 19.1. The Morgan fingerprint density at radius 1 is 1.10 bits per heavy atom. The molecule has 1 aromatic heterocycles. The van der Waals surface area contributed by atoms with E-state index in [1.54, 1.807) is 12.1 Å². The number of carbonyl (C=O) groups is 1. The first kappa shape index (κ1) is 17.7. The van der Waals surface area contributed by atoms with Gasteiger partial charge in [-0.3, -0.25) is 4.79 Å². The molecule has 0 saturated carbocycles. The molecule has 146 valence electrons. The standard InChI is InChI=1S/C24H21FN2O2/c25-15-10-11-21-18(12-15)19(24(28)27-21)13-23-20(14-26-16-6-2-1-3-7-16)17-8-4-5-9-22(17)29-23/h1-3,6-7,10-13,26H,4-5,8-9,14H2,(H,27,28). The van der Waals surface area contributed by atoms with Gasteiger partial charge in [0.25, 0.3) is 5.91 Å². The van der Waals surface area contributed by atoms with E-state index >= 15 is 0 Å². The van der Waals surface area contributed by atoms with Gasteiger partial charge in [-0.05, 0) is 61.2 Å². The molecule has 4 nitrogen and oxygen atoms in total. The van der Waals surface area contributed by atoms with E-state index in [2.05, 4.69) is 10.6 Å². The number of carbonyl (C=O) groups excluding carboxylic acids is 1. The Morgan fingerprint density at radius 2 is 1.93 bits per heavy atom. The fraction of sp³-hybridized carbons (Fsp3) is 0.208. The fourth-order valence-electron chi connectivity index (χ4n) is 4.14. The molecule has 0 saturated heterocycles. The highest BCUT2D eigenvalue weighted by Crippen LogP contribution is 2.37. The number of fused-ring (bicyclic) bond motifs is 2. The van der Waals surface area contributed by atoms with Gasteiger partial charge in [0.05, 0.1) is 5.57 Å². The van der Waals surface area contributed by atoms with Crippen molar-refractivity contribution in [3.8, 4) is 0 Å². The Kier molecular flexibility index (Phi) is 4.43. The molecule has 5 heteroatoms. The lowest BCUT2D eigenvalue weighted by molar-refractivity contribution is -0.110. The van der Waals surface area contributed by atoms with Crippen molar-refractivity contribution in [2.45, 2.75) is 32.2 Å². The van der Waals surface area contributed by atoms with E-state index in [0.29, 0.717) is 29.1 Å². The van der Waals surface area contributed by atoms with Crippen LogP contribution in [0.1, 0.15) is 41.1 Å². The summed E-state index contributed by atoms with van der Waals surface area (Å²) in [6.07, 6.45) is 5.90. The van der Waals surface area contributed by atoms with Crippen molar-refractivity contribution in [1.82, 2.24) is 0 Å². The molecule has 0 radical (unpaired) electrons. The summed E-state index contributed by atoms with van der Waals surface area (Å²) in [4.78, 5) is 12.5. The number of halogens is 1. The molecular weight excluding hydrogens is 367 g/mol. The zero-order chi connectivity index (χ0) is 19.8. The molecule has 2 aliphatic rings. The van der Waals surface area contributed by atoms with Crippen LogP contribution < -0.4 is 10.6 Å². The van der Waals surface area contributed by atoms with E-state index in [0.717, 1.165) is 42.7 Å². The number of para-hydroxylation sites is 1. The van der Waals surface area contributed by atoms with E-state index in [4.69, 9.17) is 4.42 Å². The van der Waals surface area contributed by atoms with E-state index in [1.165, 1.54) is 17.7 Å². The Balaban J connectivity index is 1.55. The normalized spacial score (nSPS) is 16.4. The van der Waals surface area contributed by atoms with Gasteiger partial charge in [-0.1, -0.05) is 18.2 Å². The first-order chi connectivity index (χ1) is 14.2. The molecule has 1 aliphatic heterocycles. The second-order valence-electron chi connectivity index (χ2n) is 7.48. The average Bonchev–Trinajstić information content (AvgIpc) is 3.24. The number of rotatable bonds is 4. The molecule has 0 spiro atoms. The Hall–Kier alpha value is -3.34. The third-order valence-electron chi connectivity index (χ3n) is 5.60. The molecular formula is C24H21FN2O2. The van der Waals surface area contributed by atoms with Crippen LogP contribution in [0.2, 0.25) is 0 Å². The van der Waals surface area contributed by atoms with E-state index in [1.807, 2.05) is 30.3 Å². The highest BCUT2D eigenvalue weighted by Gasteiger charge is 2.27. The predicted molar refractivity (Wildman–Crippen MR) is 112 cm³/mol. The Morgan fingerprint density at radius 3 is 2.79 bits per heavy atom. The molecule has 0 bridgehead atoms. The number of nitrogens with one attached hydrogen (secondary N) is 2. The lowest BCUT2D eigenvalue weighted by Crippen LogP contribution is -2.06. The molecule has 5 rings (SSSR count). The molecule has 0 unspecified atom stereocenters. The number of benzene rings is 2. The van der Waals surface area contributed by atoms with Gasteiger partial charge >= 0.3 is 0 Å². The SMILES string of the molecule is O=C1Nc2ccc(F)cc2C1=Cc1oc2c(c1CNc1ccccc1)CCCC2. The summed E-state index contributed by atoms with van der Waals surface area (Å²) in [6, 6.07) is 14.3. The van der Waals surface area contributed by atoms with Gasteiger partial charge in [-0.15, -0.1) is 0 Å². The molecule has 2 heterocycles. The van der Waals surface area contributed by atoms with Crippen molar-refractivity contribution in [2.75, 3.05) is 10.6 Å². The van der Waals surface area contributed by atoms with Crippen LogP contribution in [0.15, 0.2) is 52.9 Å². The molecule has 2 N–H and O–H groups in total. The maximum absolute atomic E-state index is 13.8. The van der Waals surface area contributed by atoms with Crippen molar-refractivity contribution < 1.29 is 13.6 Å². The maximum Gasteiger partial charge on any atom is 0.256 e. The number of hydrogen-bond acceptors (Lipinski definition) is 3. The van der Waals surface area contributed by atoms with E-state index in [9.17, 15) is 9.18 Å². The number of anilines is 2. The van der Waals surface area contributed by atoms with E-state index < -0.39 is 0 Å². The number of amides is 1. The zero-order valence-electron chi connectivity index (χ0n) is 15.9. The largest absolute Gasteiger partial charge is 0.461 e.